The van der Waals surface area contributed by atoms with Gasteiger partial charge in [0.25, 0.3) is 0 Å². The summed E-state index contributed by atoms with van der Waals surface area (Å²) in [7, 11) is 1.85. The van der Waals surface area contributed by atoms with E-state index in [2.05, 4.69) is 85.4 Å². The Bertz CT molecular complexity index is 691. The molecule has 0 aromatic heterocycles. The quantitative estimate of drug-likeness (QED) is 0.572. The van der Waals surface area contributed by atoms with Gasteiger partial charge in [0.1, 0.15) is 5.84 Å². The molecule has 0 saturated carbocycles. The lowest BCUT2D eigenvalue weighted by Gasteiger charge is -2.27. The van der Waals surface area contributed by atoms with Crippen LogP contribution < -0.4 is 4.90 Å². The van der Waals surface area contributed by atoms with Crippen LogP contribution in [0.1, 0.15) is 29.2 Å². The van der Waals surface area contributed by atoms with E-state index in [4.69, 9.17) is 0 Å². The van der Waals surface area contributed by atoms with Gasteiger partial charge in [-0.15, -0.1) is 0 Å². The normalized spacial score (nSPS) is 12.0. The SMILES string of the molecule is C/C=C\N(/C(=N/C)c1ccccc1C)c1c(C)cccc1C. The van der Waals surface area contributed by atoms with Gasteiger partial charge in [-0.1, -0.05) is 48.5 Å². The molecule has 2 rings (SSSR count). The molecule has 0 radical (unpaired) electrons. The number of nitrogens with zero attached hydrogens (tertiary/aromatic N) is 2. The number of benzene rings is 2. The monoisotopic (exact) mass is 292 g/mol. The third kappa shape index (κ3) is 3.11. The van der Waals surface area contributed by atoms with Crippen LogP contribution in [-0.2, 0) is 0 Å². The third-order valence-corrected chi connectivity index (χ3v) is 3.80. The lowest BCUT2D eigenvalue weighted by molar-refractivity contribution is 1.21. The highest BCUT2D eigenvalue weighted by molar-refractivity contribution is 6.12. The zero-order chi connectivity index (χ0) is 16.1. The summed E-state index contributed by atoms with van der Waals surface area (Å²) < 4.78 is 0. The summed E-state index contributed by atoms with van der Waals surface area (Å²) in [6, 6.07) is 14.8. The van der Waals surface area contributed by atoms with E-state index in [0.717, 1.165) is 11.4 Å². The van der Waals surface area contributed by atoms with Crippen LogP contribution in [0, 0.1) is 20.8 Å². The lowest BCUT2D eigenvalue weighted by Crippen LogP contribution is -2.28. The predicted octanol–water partition coefficient (Wildman–Crippen LogP) is 5.03. The number of hydrogen-bond acceptors (Lipinski definition) is 1. The Morgan fingerprint density at radius 3 is 2.05 bits per heavy atom. The zero-order valence-corrected chi connectivity index (χ0v) is 14.1. The fourth-order valence-electron chi connectivity index (χ4n) is 2.77. The van der Waals surface area contributed by atoms with Crippen molar-refractivity contribution in [3.05, 3.63) is 77.0 Å². The Morgan fingerprint density at radius 2 is 1.50 bits per heavy atom. The molecule has 2 heteroatoms. The van der Waals surface area contributed by atoms with Crippen LogP contribution in [-0.4, -0.2) is 12.9 Å². The molecule has 0 bridgehead atoms. The molecule has 2 nitrogen and oxygen atoms in total. The first kappa shape index (κ1) is 16.0. The standard InChI is InChI=1S/C20H24N2/c1-6-14-22(19-16(3)11-9-12-17(19)4)20(21-5)18-13-8-7-10-15(18)2/h6-14H,1-5H3/b14-6-,21-20+. The van der Waals surface area contributed by atoms with Gasteiger partial charge in [0, 0.05) is 18.8 Å². The largest absolute Gasteiger partial charge is 0.301 e. The van der Waals surface area contributed by atoms with E-state index in [9.17, 15) is 0 Å². The lowest BCUT2D eigenvalue weighted by atomic mass is 10.0. The van der Waals surface area contributed by atoms with Crippen LogP contribution in [0.2, 0.25) is 0 Å². The topological polar surface area (TPSA) is 15.6 Å². The summed E-state index contributed by atoms with van der Waals surface area (Å²) in [5, 5.41) is 0. The van der Waals surface area contributed by atoms with Gasteiger partial charge >= 0.3 is 0 Å². The number of hydrogen-bond donors (Lipinski definition) is 0. The molecule has 0 atom stereocenters. The Morgan fingerprint density at radius 1 is 0.909 bits per heavy atom. The third-order valence-electron chi connectivity index (χ3n) is 3.80. The molecule has 2 aromatic rings. The van der Waals surface area contributed by atoms with E-state index >= 15 is 0 Å². The van der Waals surface area contributed by atoms with Crippen LogP contribution in [0.25, 0.3) is 0 Å². The molecule has 0 heterocycles. The fourth-order valence-corrected chi connectivity index (χ4v) is 2.77. The summed E-state index contributed by atoms with van der Waals surface area (Å²) in [5.41, 5.74) is 6.07. The molecular formula is C20H24N2. The molecule has 0 fully saturated rings. The van der Waals surface area contributed by atoms with Gasteiger partial charge in [0.2, 0.25) is 0 Å². The number of rotatable bonds is 3. The van der Waals surface area contributed by atoms with Crippen molar-refractivity contribution in [3.8, 4) is 0 Å². The second-order valence-electron chi connectivity index (χ2n) is 5.45. The molecule has 0 aliphatic rings. The molecule has 0 amide bonds. The highest BCUT2D eigenvalue weighted by Gasteiger charge is 2.17. The number of allylic oxidation sites excluding steroid dienone is 1. The number of aliphatic imine (C=N–C) groups is 1. The number of para-hydroxylation sites is 1. The second-order valence-corrected chi connectivity index (χ2v) is 5.45. The van der Waals surface area contributed by atoms with Crippen LogP contribution in [0.5, 0.6) is 0 Å². The van der Waals surface area contributed by atoms with E-state index in [1.54, 1.807) is 0 Å². The maximum absolute atomic E-state index is 4.59. The van der Waals surface area contributed by atoms with Crippen molar-refractivity contribution in [2.45, 2.75) is 27.7 Å². The minimum Gasteiger partial charge on any atom is -0.301 e. The van der Waals surface area contributed by atoms with Gasteiger partial charge in [0.15, 0.2) is 0 Å². The van der Waals surface area contributed by atoms with Gasteiger partial charge < -0.3 is 4.90 Å². The van der Waals surface area contributed by atoms with Gasteiger partial charge in [-0.2, -0.15) is 0 Å². The maximum atomic E-state index is 4.59. The Kier molecular flexibility index (Phi) is 5.16. The first-order valence-corrected chi connectivity index (χ1v) is 7.61. The highest BCUT2D eigenvalue weighted by Crippen LogP contribution is 2.27. The predicted molar refractivity (Wildman–Crippen MR) is 96.8 cm³/mol. The summed E-state index contributed by atoms with van der Waals surface area (Å²) in [6.07, 6.45) is 4.14. The Labute approximate surface area is 133 Å². The molecule has 0 N–H and O–H groups in total. The minimum absolute atomic E-state index is 0.966. The number of aryl methyl sites for hydroxylation is 3. The van der Waals surface area contributed by atoms with E-state index in [1.807, 2.05) is 14.0 Å². The average Bonchev–Trinajstić information content (AvgIpc) is 2.49. The maximum Gasteiger partial charge on any atom is 0.139 e. The molecule has 2 aromatic carbocycles. The van der Waals surface area contributed by atoms with Crippen LogP contribution in [0.3, 0.4) is 0 Å². The minimum atomic E-state index is 0.966. The molecule has 0 aliphatic heterocycles. The molecular weight excluding hydrogens is 268 g/mol. The van der Waals surface area contributed by atoms with Crippen LogP contribution in [0.15, 0.2) is 59.7 Å². The Balaban J connectivity index is 2.64. The van der Waals surface area contributed by atoms with Gasteiger partial charge in [-0.05, 0) is 44.4 Å². The first-order chi connectivity index (χ1) is 10.6. The number of amidine groups is 1. The Hall–Kier alpha value is -2.35. The fraction of sp³-hybridized carbons (Fsp3) is 0.250. The zero-order valence-electron chi connectivity index (χ0n) is 14.1. The van der Waals surface area contributed by atoms with Crippen molar-refractivity contribution >= 4 is 11.5 Å². The van der Waals surface area contributed by atoms with E-state index in [1.165, 1.54) is 22.4 Å². The second kappa shape index (κ2) is 7.08. The van der Waals surface area contributed by atoms with Crippen molar-refractivity contribution in [1.82, 2.24) is 0 Å². The van der Waals surface area contributed by atoms with E-state index < -0.39 is 0 Å². The number of anilines is 1. The summed E-state index contributed by atoms with van der Waals surface area (Å²) in [5.74, 6) is 0.966. The summed E-state index contributed by atoms with van der Waals surface area (Å²) in [4.78, 5) is 6.78. The van der Waals surface area contributed by atoms with E-state index in [-0.39, 0.29) is 0 Å². The van der Waals surface area contributed by atoms with Crippen LogP contribution in [0.4, 0.5) is 5.69 Å². The molecule has 22 heavy (non-hydrogen) atoms. The van der Waals surface area contributed by atoms with Crippen molar-refractivity contribution in [3.63, 3.8) is 0 Å². The average molecular weight is 292 g/mol. The van der Waals surface area contributed by atoms with Crippen molar-refractivity contribution < 1.29 is 0 Å². The van der Waals surface area contributed by atoms with Crippen LogP contribution >= 0.6 is 0 Å². The van der Waals surface area contributed by atoms with Gasteiger partial charge in [0.05, 0.1) is 5.69 Å². The molecule has 0 aliphatic carbocycles. The molecule has 114 valence electrons. The molecule has 0 saturated heterocycles. The molecule has 0 spiro atoms. The van der Waals surface area contributed by atoms with Crippen molar-refractivity contribution in [2.75, 3.05) is 11.9 Å². The van der Waals surface area contributed by atoms with Crippen molar-refractivity contribution in [1.29, 1.82) is 0 Å². The molecule has 0 unspecified atom stereocenters. The summed E-state index contributed by atoms with van der Waals surface area (Å²) in [6.45, 7) is 8.44. The van der Waals surface area contributed by atoms with Crippen molar-refractivity contribution in [2.24, 2.45) is 4.99 Å². The first-order valence-electron chi connectivity index (χ1n) is 7.61. The van der Waals surface area contributed by atoms with Gasteiger partial charge in [-0.3, -0.25) is 4.99 Å². The van der Waals surface area contributed by atoms with Gasteiger partial charge in [-0.25, -0.2) is 0 Å². The van der Waals surface area contributed by atoms with E-state index in [0.29, 0.717) is 0 Å². The smallest absolute Gasteiger partial charge is 0.139 e. The highest BCUT2D eigenvalue weighted by atomic mass is 15.2. The summed E-state index contributed by atoms with van der Waals surface area (Å²) >= 11 is 0.